The van der Waals surface area contributed by atoms with Crippen molar-refractivity contribution in [3.63, 3.8) is 0 Å². The largest absolute Gasteiger partial charge is 0.476 e. The van der Waals surface area contributed by atoms with E-state index < -0.39 is 0 Å². The van der Waals surface area contributed by atoms with Crippen LogP contribution < -0.4 is 10.1 Å². The highest BCUT2D eigenvalue weighted by atomic mass is 35.5. The van der Waals surface area contributed by atoms with Gasteiger partial charge in [0.2, 0.25) is 5.88 Å². The van der Waals surface area contributed by atoms with Crippen molar-refractivity contribution in [2.45, 2.75) is 12.8 Å². The summed E-state index contributed by atoms with van der Waals surface area (Å²) in [5, 5.41) is 4.32. The molecule has 1 aromatic rings. The molecule has 0 spiro atoms. The molecular weight excluding hydrogens is 247 g/mol. The molecule has 0 aliphatic carbocycles. The molecule has 1 N–H and O–H groups in total. The third kappa shape index (κ3) is 3.24. The number of nitrogens with one attached hydrogen (secondary N) is 1. The molecule has 0 unspecified atom stereocenters. The lowest BCUT2D eigenvalue weighted by atomic mass is 9.99. The Balaban J connectivity index is 1.88. The van der Waals surface area contributed by atoms with Gasteiger partial charge in [0, 0.05) is 6.20 Å². The molecule has 16 heavy (non-hydrogen) atoms. The Bertz CT molecular complexity index is 354. The Labute approximate surface area is 105 Å². The molecule has 1 fully saturated rings. The second-order valence-electron chi connectivity index (χ2n) is 3.94. The van der Waals surface area contributed by atoms with Crippen molar-refractivity contribution in [1.82, 2.24) is 10.3 Å². The van der Waals surface area contributed by atoms with Gasteiger partial charge in [-0.3, -0.25) is 0 Å². The van der Waals surface area contributed by atoms with E-state index in [0.29, 0.717) is 28.5 Å². The van der Waals surface area contributed by atoms with Gasteiger partial charge in [-0.25, -0.2) is 4.98 Å². The number of hydrogen-bond donors (Lipinski definition) is 1. The van der Waals surface area contributed by atoms with Crippen molar-refractivity contribution in [3.05, 3.63) is 22.3 Å². The van der Waals surface area contributed by atoms with Gasteiger partial charge in [-0.05, 0) is 37.9 Å². The van der Waals surface area contributed by atoms with Crippen LogP contribution >= 0.6 is 23.2 Å². The second kappa shape index (κ2) is 5.71. The molecule has 88 valence electrons. The van der Waals surface area contributed by atoms with E-state index in [1.165, 1.54) is 0 Å². The summed E-state index contributed by atoms with van der Waals surface area (Å²) in [7, 11) is 0. The standard InChI is InChI=1S/C11H14Cl2N2O/c12-9-5-10(13)11(15-6-9)16-7-8-1-3-14-4-2-8/h5-6,8,14H,1-4,7H2. The Morgan fingerprint density at radius 3 is 2.81 bits per heavy atom. The molecule has 2 rings (SSSR count). The highest BCUT2D eigenvalue weighted by Gasteiger charge is 2.14. The summed E-state index contributed by atoms with van der Waals surface area (Å²) in [6.45, 7) is 2.81. The van der Waals surface area contributed by atoms with Crippen LogP contribution in [0.5, 0.6) is 5.88 Å². The van der Waals surface area contributed by atoms with Gasteiger partial charge in [0.05, 0.1) is 11.6 Å². The zero-order valence-electron chi connectivity index (χ0n) is 8.88. The molecule has 2 heterocycles. The zero-order valence-corrected chi connectivity index (χ0v) is 10.4. The van der Waals surface area contributed by atoms with Gasteiger partial charge in [0.15, 0.2) is 0 Å². The highest BCUT2D eigenvalue weighted by Crippen LogP contribution is 2.25. The maximum absolute atomic E-state index is 5.96. The second-order valence-corrected chi connectivity index (χ2v) is 4.79. The van der Waals surface area contributed by atoms with Crippen molar-refractivity contribution in [2.75, 3.05) is 19.7 Å². The summed E-state index contributed by atoms with van der Waals surface area (Å²) >= 11 is 11.7. The average Bonchev–Trinajstić information content (AvgIpc) is 2.29. The monoisotopic (exact) mass is 260 g/mol. The van der Waals surface area contributed by atoms with Crippen LogP contribution in [0.1, 0.15) is 12.8 Å². The van der Waals surface area contributed by atoms with E-state index in [4.69, 9.17) is 27.9 Å². The van der Waals surface area contributed by atoms with E-state index in [-0.39, 0.29) is 0 Å². The molecular formula is C11H14Cl2N2O. The van der Waals surface area contributed by atoms with E-state index in [2.05, 4.69) is 10.3 Å². The first-order valence-electron chi connectivity index (χ1n) is 5.40. The molecule has 0 atom stereocenters. The number of hydrogen-bond acceptors (Lipinski definition) is 3. The first-order valence-corrected chi connectivity index (χ1v) is 6.16. The maximum atomic E-state index is 5.96. The molecule has 0 radical (unpaired) electrons. The van der Waals surface area contributed by atoms with Gasteiger partial charge in [0.25, 0.3) is 0 Å². The summed E-state index contributed by atoms with van der Waals surface area (Å²) in [4.78, 5) is 4.06. The van der Waals surface area contributed by atoms with Crippen molar-refractivity contribution in [3.8, 4) is 5.88 Å². The van der Waals surface area contributed by atoms with Crippen molar-refractivity contribution >= 4 is 23.2 Å². The van der Waals surface area contributed by atoms with Gasteiger partial charge in [0.1, 0.15) is 5.02 Å². The van der Waals surface area contributed by atoms with Gasteiger partial charge in [-0.15, -0.1) is 0 Å². The third-order valence-corrected chi connectivity index (χ3v) is 3.17. The third-order valence-electron chi connectivity index (χ3n) is 2.69. The molecule has 1 saturated heterocycles. The minimum absolute atomic E-state index is 0.474. The predicted molar refractivity (Wildman–Crippen MR) is 65.3 cm³/mol. The number of rotatable bonds is 3. The average molecular weight is 261 g/mol. The van der Waals surface area contributed by atoms with E-state index >= 15 is 0 Å². The van der Waals surface area contributed by atoms with Crippen LogP contribution in [-0.4, -0.2) is 24.7 Å². The van der Waals surface area contributed by atoms with Crippen molar-refractivity contribution < 1.29 is 4.74 Å². The number of halogens is 2. The van der Waals surface area contributed by atoms with Gasteiger partial charge in [-0.2, -0.15) is 0 Å². The van der Waals surface area contributed by atoms with Crippen LogP contribution in [0.15, 0.2) is 12.3 Å². The van der Waals surface area contributed by atoms with Crippen LogP contribution in [0.2, 0.25) is 10.0 Å². The van der Waals surface area contributed by atoms with Crippen LogP contribution in [-0.2, 0) is 0 Å². The number of pyridine rings is 1. The smallest absolute Gasteiger partial charge is 0.232 e. The molecule has 0 saturated carbocycles. The molecule has 3 nitrogen and oxygen atoms in total. The van der Waals surface area contributed by atoms with Gasteiger partial charge < -0.3 is 10.1 Å². The summed E-state index contributed by atoms with van der Waals surface area (Å²) in [5.41, 5.74) is 0. The molecule has 1 aliphatic heterocycles. The van der Waals surface area contributed by atoms with Crippen molar-refractivity contribution in [2.24, 2.45) is 5.92 Å². The lowest BCUT2D eigenvalue weighted by molar-refractivity contribution is 0.209. The molecule has 0 bridgehead atoms. The van der Waals surface area contributed by atoms with Crippen LogP contribution in [0.25, 0.3) is 0 Å². The predicted octanol–water partition coefficient (Wildman–Crippen LogP) is 2.77. The number of piperidine rings is 1. The molecule has 1 aromatic heterocycles. The zero-order chi connectivity index (χ0) is 11.4. The minimum Gasteiger partial charge on any atom is -0.476 e. The maximum Gasteiger partial charge on any atom is 0.232 e. The van der Waals surface area contributed by atoms with E-state index in [0.717, 1.165) is 25.9 Å². The summed E-state index contributed by atoms with van der Waals surface area (Å²) in [5.74, 6) is 1.07. The van der Waals surface area contributed by atoms with E-state index in [1.807, 2.05) is 0 Å². The fourth-order valence-electron chi connectivity index (χ4n) is 1.75. The van der Waals surface area contributed by atoms with E-state index in [1.54, 1.807) is 12.3 Å². The Morgan fingerprint density at radius 2 is 2.12 bits per heavy atom. The number of aromatic nitrogens is 1. The Morgan fingerprint density at radius 1 is 1.38 bits per heavy atom. The number of ether oxygens (including phenoxy) is 1. The highest BCUT2D eigenvalue weighted by molar-refractivity contribution is 6.35. The van der Waals surface area contributed by atoms with Gasteiger partial charge >= 0.3 is 0 Å². The molecule has 1 aliphatic rings. The Hall–Kier alpha value is -0.510. The minimum atomic E-state index is 0.474. The summed E-state index contributed by atoms with van der Waals surface area (Å²) in [6, 6.07) is 1.65. The van der Waals surface area contributed by atoms with Crippen molar-refractivity contribution in [1.29, 1.82) is 0 Å². The summed E-state index contributed by atoms with van der Waals surface area (Å²) < 4.78 is 5.60. The van der Waals surface area contributed by atoms with Crippen LogP contribution in [0.4, 0.5) is 0 Å². The van der Waals surface area contributed by atoms with Gasteiger partial charge in [-0.1, -0.05) is 23.2 Å². The fraction of sp³-hybridized carbons (Fsp3) is 0.545. The molecule has 0 aromatic carbocycles. The first kappa shape index (κ1) is 12.0. The lowest BCUT2D eigenvalue weighted by Gasteiger charge is -2.22. The van der Waals surface area contributed by atoms with Crippen LogP contribution in [0.3, 0.4) is 0 Å². The number of nitrogens with zero attached hydrogens (tertiary/aromatic N) is 1. The quantitative estimate of drug-likeness (QED) is 0.908. The molecule has 0 amide bonds. The fourth-order valence-corrected chi connectivity index (χ4v) is 2.19. The lowest BCUT2D eigenvalue weighted by Crippen LogP contribution is -2.30. The normalized spacial score (nSPS) is 17.4. The Kier molecular flexibility index (Phi) is 4.27. The van der Waals surface area contributed by atoms with Crippen LogP contribution in [0, 0.1) is 5.92 Å². The first-order chi connectivity index (χ1) is 7.75. The van der Waals surface area contributed by atoms with E-state index in [9.17, 15) is 0 Å². The summed E-state index contributed by atoms with van der Waals surface area (Å²) in [6.07, 6.45) is 3.83. The molecule has 5 heteroatoms. The SMILES string of the molecule is Clc1cnc(OCC2CCNCC2)c(Cl)c1. The topological polar surface area (TPSA) is 34.1 Å².